The molecule has 0 aromatic carbocycles. The van der Waals surface area contributed by atoms with E-state index in [4.69, 9.17) is 9.15 Å². The minimum Gasteiger partial charge on any atom is -0.468 e. The van der Waals surface area contributed by atoms with E-state index in [0.717, 1.165) is 31.1 Å². The van der Waals surface area contributed by atoms with Crippen LogP contribution in [0, 0.1) is 0 Å². The van der Waals surface area contributed by atoms with Crippen molar-refractivity contribution in [3.05, 3.63) is 36.3 Å². The Morgan fingerprint density at radius 1 is 1.53 bits per heavy atom. The zero-order chi connectivity index (χ0) is 13.2. The molecule has 2 atom stereocenters. The van der Waals surface area contributed by atoms with Gasteiger partial charge in [-0.2, -0.15) is 0 Å². The Kier molecular flexibility index (Phi) is 3.35. The van der Waals surface area contributed by atoms with Crippen molar-refractivity contribution < 1.29 is 9.15 Å². The van der Waals surface area contributed by atoms with Crippen LogP contribution in [0.25, 0.3) is 0 Å². The summed E-state index contributed by atoms with van der Waals surface area (Å²) in [6.45, 7) is 1.65. The normalized spacial score (nSPS) is 24.1. The van der Waals surface area contributed by atoms with Crippen molar-refractivity contribution in [1.82, 2.24) is 19.7 Å². The van der Waals surface area contributed by atoms with E-state index in [-0.39, 0.29) is 12.1 Å². The highest BCUT2D eigenvalue weighted by atomic mass is 16.5. The fourth-order valence-corrected chi connectivity index (χ4v) is 2.67. The Bertz CT molecular complexity index is 522. The molecule has 0 aliphatic carbocycles. The molecule has 2 aromatic heterocycles. The maximum atomic E-state index is 5.50. The van der Waals surface area contributed by atoms with Crippen LogP contribution in [0.5, 0.6) is 0 Å². The van der Waals surface area contributed by atoms with Crippen molar-refractivity contribution in [3.8, 4) is 0 Å². The molecule has 2 aromatic rings. The first-order valence-electron chi connectivity index (χ1n) is 6.41. The van der Waals surface area contributed by atoms with Gasteiger partial charge in [0.2, 0.25) is 0 Å². The SMILES string of the molecule is CO[C@@H]1C[C@@H](c2nncn2C)N(Cc2ccco2)C1. The van der Waals surface area contributed by atoms with Gasteiger partial charge in [0.25, 0.3) is 0 Å². The van der Waals surface area contributed by atoms with Gasteiger partial charge in [0.1, 0.15) is 17.9 Å². The number of nitrogens with zero attached hydrogens (tertiary/aromatic N) is 4. The Hall–Kier alpha value is -1.66. The molecule has 3 heterocycles. The van der Waals surface area contributed by atoms with Gasteiger partial charge in [-0.1, -0.05) is 0 Å². The molecule has 1 fully saturated rings. The standard InChI is InChI=1S/C13H18N4O2/c1-16-9-14-15-13(16)12-6-11(18-2)8-17(12)7-10-4-3-5-19-10/h3-5,9,11-12H,6-8H2,1-2H3/t11-,12+/m1/s1. The van der Waals surface area contributed by atoms with Crippen molar-refractivity contribution in [2.45, 2.75) is 25.1 Å². The Labute approximate surface area is 112 Å². The van der Waals surface area contributed by atoms with Crippen LogP contribution in [0.2, 0.25) is 0 Å². The quantitative estimate of drug-likeness (QED) is 0.833. The number of likely N-dealkylation sites (tertiary alicyclic amines) is 1. The summed E-state index contributed by atoms with van der Waals surface area (Å²) < 4.78 is 12.9. The lowest BCUT2D eigenvalue weighted by Gasteiger charge is -2.21. The van der Waals surface area contributed by atoms with Crippen molar-refractivity contribution in [2.24, 2.45) is 7.05 Å². The molecule has 1 saturated heterocycles. The van der Waals surface area contributed by atoms with Crippen LogP contribution in [0.3, 0.4) is 0 Å². The van der Waals surface area contributed by atoms with E-state index in [1.807, 2.05) is 23.7 Å². The number of ether oxygens (including phenoxy) is 1. The maximum absolute atomic E-state index is 5.50. The second kappa shape index (κ2) is 5.14. The van der Waals surface area contributed by atoms with Crippen molar-refractivity contribution in [3.63, 3.8) is 0 Å². The molecule has 19 heavy (non-hydrogen) atoms. The van der Waals surface area contributed by atoms with E-state index in [1.165, 1.54) is 0 Å². The largest absolute Gasteiger partial charge is 0.468 e. The van der Waals surface area contributed by atoms with Crippen molar-refractivity contribution >= 4 is 0 Å². The van der Waals surface area contributed by atoms with E-state index >= 15 is 0 Å². The monoisotopic (exact) mass is 262 g/mol. The third-order valence-corrected chi connectivity index (χ3v) is 3.68. The summed E-state index contributed by atoms with van der Waals surface area (Å²) in [5.74, 6) is 1.94. The molecule has 6 heteroatoms. The van der Waals surface area contributed by atoms with E-state index in [2.05, 4.69) is 15.1 Å². The van der Waals surface area contributed by atoms with Gasteiger partial charge >= 0.3 is 0 Å². The highest BCUT2D eigenvalue weighted by molar-refractivity contribution is 5.05. The average molecular weight is 262 g/mol. The molecule has 0 spiro atoms. The summed E-state index contributed by atoms with van der Waals surface area (Å²) in [5, 5.41) is 8.20. The third-order valence-electron chi connectivity index (χ3n) is 3.68. The summed E-state index contributed by atoms with van der Waals surface area (Å²) in [5.41, 5.74) is 0. The summed E-state index contributed by atoms with van der Waals surface area (Å²) in [6, 6.07) is 4.13. The number of methoxy groups -OCH3 is 1. The van der Waals surface area contributed by atoms with Crippen molar-refractivity contribution in [2.75, 3.05) is 13.7 Å². The van der Waals surface area contributed by atoms with Gasteiger partial charge < -0.3 is 13.7 Å². The first kappa shape index (κ1) is 12.4. The molecule has 3 rings (SSSR count). The summed E-state index contributed by atoms with van der Waals surface area (Å²) in [4.78, 5) is 2.33. The second-order valence-electron chi connectivity index (χ2n) is 4.92. The number of aryl methyl sites for hydroxylation is 1. The van der Waals surface area contributed by atoms with Crippen molar-refractivity contribution in [1.29, 1.82) is 0 Å². The van der Waals surface area contributed by atoms with Crippen LogP contribution >= 0.6 is 0 Å². The third kappa shape index (κ3) is 2.41. The fraction of sp³-hybridized carbons (Fsp3) is 0.538. The molecule has 102 valence electrons. The van der Waals surface area contributed by atoms with E-state index in [0.29, 0.717) is 0 Å². The Morgan fingerprint density at radius 2 is 2.42 bits per heavy atom. The summed E-state index contributed by atoms with van der Waals surface area (Å²) >= 11 is 0. The average Bonchev–Trinajstić information content (AvgIpc) is 3.10. The molecule has 6 nitrogen and oxygen atoms in total. The fourth-order valence-electron chi connectivity index (χ4n) is 2.67. The van der Waals surface area contributed by atoms with E-state index < -0.39 is 0 Å². The van der Waals surface area contributed by atoms with Crippen LogP contribution in [0.15, 0.2) is 29.1 Å². The predicted octanol–water partition coefficient (Wildman–Crippen LogP) is 1.37. The Morgan fingerprint density at radius 3 is 3.05 bits per heavy atom. The highest BCUT2D eigenvalue weighted by Crippen LogP contribution is 2.33. The molecule has 0 unspecified atom stereocenters. The molecule has 0 radical (unpaired) electrons. The van der Waals surface area contributed by atoms with Gasteiger partial charge in [-0.15, -0.1) is 10.2 Å². The molecule has 0 saturated carbocycles. The zero-order valence-electron chi connectivity index (χ0n) is 11.2. The maximum Gasteiger partial charge on any atom is 0.150 e. The summed E-state index contributed by atoms with van der Waals surface area (Å²) in [6.07, 6.45) is 4.61. The minimum atomic E-state index is 0.225. The minimum absolute atomic E-state index is 0.225. The zero-order valence-corrected chi connectivity index (χ0v) is 11.2. The van der Waals surface area contributed by atoms with Gasteiger partial charge in [0.15, 0.2) is 0 Å². The molecule has 0 bridgehead atoms. The molecule has 0 N–H and O–H groups in total. The van der Waals surface area contributed by atoms with Gasteiger partial charge in [0, 0.05) is 20.7 Å². The molecule has 1 aliphatic heterocycles. The van der Waals surface area contributed by atoms with E-state index in [1.54, 1.807) is 19.7 Å². The number of aromatic nitrogens is 3. The second-order valence-corrected chi connectivity index (χ2v) is 4.92. The van der Waals surface area contributed by atoms with Crippen LogP contribution in [0.4, 0.5) is 0 Å². The van der Waals surface area contributed by atoms with Crippen LogP contribution in [-0.2, 0) is 18.3 Å². The smallest absolute Gasteiger partial charge is 0.150 e. The molecular weight excluding hydrogens is 244 g/mol. The number of hydrogen-bond acceptors (Lipinski definition) is 5. The molecule has 1 aliphatic rings. The van der Waals surface area contributed by atoms with Crippen LogP contribution in [0.1, 0.15) is 24.0 Å². The van der Waals surface area contributed by atoms with Gasteiger partial charge in [-0.3, -0.25) is 4.90 Å². The predicted molar refractivity (Wildman–Crippen MR) is 68.3 cm³/mol. The summed E-state index contributed by atoms with van der Waals surface area (Å²) in [7, 11) is 3.73. The number of rotatable bonds is 4. The van der Waals surface area contributed by atoms with Crippen LogP contribution in [-0.4, -0.2) is 39.4 Å². The topological polar surface area (TPSA) is 56.3 Å². The van der Waals surface area contributed by atoms with Gasteiger partial charge in [-0.05, 0) is 18.6 Å². The van der Waals surface area contributed by atoms with Crippen LogP contribution < -0.4 is 0 Å². The lowest BCUT2D eigenvalue weighted by molar-refractivity contribution is 0.106. The first-order valence-corrected chi connectivity index (χ1v) is 6.41. The molecular formula is C13H18N4O2. The number of hydrogen-bond donors (Lipinski definition) is 0. The van der Waals surface area contributed by atoms with Gasteiger partial charge in [-0.25, -0.2) is 0 Å². The highest BCUT2D eigenvalue weighted by Gasteiger charge is 2.36. The van der Waals surface area contributed by atoms with Gasteiger partial charge in [0.05, 0.1) is 25.0 Å². The first-order chi connectivity index (χ1) is 9.28. The lowest BCUT2D eigenvalue weighted by atomic mass is 10.2. The lowest BCUT2D eigenvalue weighted by Crippen LogP contribution is -2.26. The van der Waals surface area contributed by atoms with E-state index in [9.17, 15) is 0 Å². The Balaban J connectivity index is 1.81. The number of furan rings is 1. The molecule has 0 amide bonds.